The van der Waals surface area contributed by atoms with Crippen molar-refractivity contribution in [1.82, 2.24) is 5.32 Å². The van der Waals surface area contributed by atoms with Crippen molar-refractivity contribution in [2.75, 3.05) is 14.2 Å². The number of rotatable bonds is 14. The Morgan fingerprint density at radius 2 is 1.42 bits per heavy atom. The van der Waals surface area contributed by atoms with Gasteiger partial charge in [0.15, 0.2) is 0 Å². The van der Waals surface area contributed by atoms with Crippen LogP contribution in [0.4, 0.5) is 0 Å². The second-order valence-corrected chi connectivity index (χ2v) is 8.85. The predicted octanol–water partition coefficient (Wildman–Crippen LogP) is 4.25. The SMILES string of the molecule is CCCCCCC(N=C([S-])[S-])C(=O)OC.CCCCCCC(NC(=S)S)C(=O)OC.[Ni+2]. The van der Waals surface area contributed by atoms with Crippen molar-refractivity contribution >= 4 is 70.7 Å². The number of aliphatic imine (C=N–C) groups is 1. The molecule has 0 aromatic rings. The molecule has 11 heteroatoms. The first-order valence-corrected chi connectivity index (χ1v) is 12.0. The van der Waals surface area contributed by atoms with Crippen molar-refractivity contribution in [1.29, 1.82) is 0 Å². The van der Waals surface area contributed by atoms with Gasteiger partial charge in [0.2, 0.25) is 0 Å². The number of esters is 2. The van der Waals surface area contributed by atoms with Gasteiger partial charge in [-0.1, -0.05) is 77.4 Å². The minimum absolute atomic E-state index is 0. The Hall–Kier alpha value is -0.216. The molecule has 2 atom stereocenters. The third-order valence-corrected chi connectivity index (χ3v) is 4.65. The minimum Gasteiger partial charge on any atom is -0.789 e. The molecule has 0 aliphatic heterocycles. The Bertz CT molecular complexity index is 521. The Labute approximate surface area is 220 Å². The van der Waals surface area contributed by atoms with E-state index in [1.807, 2.05) is 0 Å². The molecule has 0 aliphatic carbocycles. The van der Waals surface area contributed by atoms with Gasteiger partial charge in [0.1, 0.15) is 16.4 Å². The first-order valence-electron chi connectivity index (χ1n) is 10.3. The van der Waals surface area contributed by atoms with E-state index in [9.17, 15) is 9.59 Å². The van der Waals surface area contributed by atoms with Crippen molar-refractivity contribution in [2.45, 2.75) is 90.1 Å². The largest absolute Gasteiger partial charge is 2.00 e. The molecular formula is C20H36N2NiO4S4. The van der Waals surface area contributed by atoms with Crippen LogP contribution in [0.1, 0.15) is 78.1 Å². The molecule has 0 aliphatic rings. The van der Waals surface area contributed by atoms with Gasteiger partial charge in [0.05, 0.1) is 14.2 Å². The van der Waals surface area contributed by atoms with E-state index in [4.69, 9.17) is 12.2 Å². The van der Waals surface area contributed by atoms with Gasteiger partial charge >= 0.3 is 28.4 Å². The van der Waals surface area contributed by atoms with Crippen LogP contribution >= 0.6 is 24.8 Å². The Balaban J connectivity index is -0.000000490. The van der Waals surface area contributed by atoms with E-state index >= 15 is 0 Å². The van der Waals surface area contributed by atoms with Crippen LogP contribution in [0.2, 0.25) is 0 Å². The Morgan fingerprint density at radius 1 is 0.935 bits per heavy atom. The van der Waals surface area contributed by atoms with E-state index in [2.05, 4.69) is 71.5 Å². The van der Waals surface area contributed by atoms with Gasteiger partial charge in [-0.05, 0) is 12.8 Å². The van der Waals surface area contributed by atoms with Gasteiger partial charge in [-0.25, -0.2) is 14.0 Å². The number of methoxy groups -OCH3 is 2. The van der Waals surface area contributed by atoms with E-state index in [0.29, 0.717) is 10.7 Å². The molecular weight excluding hydrogens is 519 g/mol. The molecule has 0 aromatic carbocycles. The molecule has 1 N–H and O–H groups in total. The van der Waals surface area contributed by atoms with Gasteiger partial charge in [-0.15, -0.1) is 12.6 Å². The summed E-state index contributed by atoms with van der Waals surface area (Å²) in [6.45, 7) is 4.29. The molecule has 184 valence electrons. The summed E-state index contributed by atoms with van der Waals surface area (Å²) in [4.78, 5) is 26.5. The summed E-state index contributed by atoms with van der Waals surface area (Å²) in [5.74, 6) is -0.624. The number of nitrogens with one attached hydrogen (secondary N) is 1. The maximum atomic E-state index is 11.3. The number of unbranched alkanes of at least 4 members (excludes halogenated alkanes) is 6. The van der Waals surface area contributed by atoms with Gasteiger partial charge in [-0.3, -0.25) is 0 Å². The summed E-state index contributed by atoms with van der Waals surface area (Å²) < 4.78 is 9.74. The molecule has 0 rings (SSSR count). The van der Waals surface area contributed by atoms with Crippen LogP contribution in [0.5, 0.6) is 0 Å². The summed E-state index contributed by atoms with van der Waals surface area (Å²) in [6, 6.07) is -0.853. The topological polar surface area (TPSA) is 77.0 Å². The van der Waals surface area contributed by atoms with Gasteiger partial charge in [0, 0.05) is 0 Å². The standard InChI is InChI=1S/2C10H19NO2S2.Ni/c2*1-3-4-5-6-7-8(9(12)13-2)11-10(14)15;/h2*8H,3-7H2,1-2H3,(H2,11,14,15);/q;;+2/p-2. The number of hydrogen-bond acceptors (Lipinski definition) is 8. The van der Waals surface area contributed by atoms with Crippen LogP contribution in [0.25, 0.3) is 0 Å². The smallest absolute Gasteiger partial charge is 0.789 e. The fraction of sp³-hybridized carbons (Fsp3) is 0.800. The summed E-state index contributed by atoms with van der Waals surface area (Å²) in [5.41, 5.74) is 0. The second kappa shape index (κ2) is 24.4. The van der Waals surface area contributed by atoms with E-state index < -0.39 is 6.04 Å². The molecule has 0 saturated heterocycles. The fourth-order valence-corrected chi connectivity index (χ4v) is 3.13. The molecule has 0 aromatic heterocycles. The Morgan fingerprint density at radius 3 is 1.81 bits per heavy atom. The van der Waals surface area contributed by atoms with Crippen LogP contribution in [0.3, 0.4) is 0 Å². The van der Waals surface area contributed by atoms with Gasteiger partial charge in [0.25, 0.3) is 0 Å². The number of thiocarbonyl (C=S) groups is 1. The first kappa shape index (κ1) is 35.4. The summed E-state index contributed by atoms with van der Waals surface area (Å²) >= 11 is 18.1. The third kappa shape index (κ3) is 22.8. The number of carbonyl (C=O) groups excluding carboxylic acids is 2. The zero-order chi connectivity index (χ0) is 23.4. The quantitative estimate of drug-likeness (QED) is 0.0482. The zero-order valence-corrected chi connectivity index (χ0v) is 23.1. The monoisotopic (exact) mass is 554 g/mol. The number of ether oxygens (including phenoxy) is 2. The van der Waals surface area contributed by atoms with Crippen molar-refractivity contribution < 1.29 is 35.6 Å². The van der Waals surface area contributed by atoms with Gasteiger partial charge < -0.3 is 45.0 Å². The molecule has 0 heterocycles. The average Bonchev–Trinajstić information content (AvgIpc) is 2.71. The van der Waals surface area contributed by atoms with Crippen LogP contribution < -0.4 is 5.32 Å². The maximum absolute atomic E-state index is 11.3. The number of carbonyl (C=O) groups is 2. The van der Waals surface area contributed by atoms with Crippen molar-refractivity contribution in [3.05, 3.63) is 0 Å². The molecule has 31 heavy (non-hydrogen) atoms. The maximum Gasteiger partial charge on any atom is 2.00 e. The van der Waals surface area contributed by atoms with E-state index in [1.54, 1.807) is 0 Å². The van der Waals surface area contributed by atoms with E-state index in [1.165, 1.54) is 39.9 Å². The van der Waals surface area contributed by atoms with Gasteiger partial charge in [-0.2, -0.15) is 0 Å². The van der Waals surface area contributed by atoms with E-state index in [0.717, 1.165) is 32.1 Å². The molecule has 0 bridgehead atoms. The fourth-order valence-electron chi connectivity index (χ4n) is 2.58. The van der Waals surface area contributed by atoms with Crippen LogP contribution in [-0.4, -0.2) is 46.9 Å². The van der Waals surface area contributed by atoms with Crippen LogP contribution in [0.15, 0.2) is 4.99 Å². The molecule has 0 amide bonds. The molecule has 0 fully saturated rings. The number of thiol groups is 1. The van der Waals surface area contributed by atoms with Crippen LogP contribution in [-0.2, 0) is 60.8 Å². The normalized spacial score (nSPS) is 11.5. The summed E-state index contributed by atoms with van der Waals surface area (Å²) in [7, 11) is 2.73. The molecule has 2 unspecified atom stereocenters. The Kier molecular flexibility index (Phi) is 27.9. The number of nitrogens with zero attached hydrogens (tertiary/aromatic N) is 1. The number of hydrogen-bond donors (Lipinski definition) is 2. The molecule has 0 radical (unpaired) electrons. The zero-order valence-electron chi connectivity index (χ0n) is 18.8. The second-order valence-electron chi connectivity index (χ2n) is 6.66. The predicted molar refractivity (Wildman–Crippen MR) is 136 cm³/mol. The van der Waals surface area contributed by atoms with Crippen molar-refractivity contribution in [2.24, 2.45) is 4.99 Å². The van der Waals surface area contributed by atoms with E-state index in [-0.39, 0.29) is 38.8 Å². The van der Waals surface area contributed by atoms with Crippen LogP contribution in [0, 0.1) is 0 Å². The van der Waals surface area contributed by atoms with Crippen molar-refractivity contribution in [3.8, 4) is 0 Å². The summed E-state index contributed by atoms with van der Waals surface area (Å²) in [6.07, 6.45) is 10.3. The molecule has 6 nitrogen and oxygen atoms in total. The summed E-state index contributed by atoms with van der Waals surface area (Å²) in [5, 5.41) is 2.83. The molecule has 0 saturated carbocycles. The third-order valence-electron chi connectivity index (χ3n) is 4.20. The first-order chi connectivity index (χ1) is 14.2. The molecule has 0 spiro atoms. The average molecular weight is 555 g/mol. The van der Waals surface area contributed by atoms with Crippen molar-refractivity contribution in [3.63, 3.8) is 0 Å². The minimum atomic E-state index is -0.503.